The number of benzene rings is 2. The molecule has 0 saturated carbocycles. The topological polar surface area (TPSA) is 73.3 Å². The van der Waals surface area contributed by atoms with Crippen molar-refractivity contribution >= 4 is 22.5 Å². The van der Waals surface area contributed by atoms with Crippen LogP contribution in [0.1, 0.15) is 24.2 Å². The summed E-state index contributed by atoms with van der Waals surface area (Å²) in [7, 11) is 0. The van der Waals surface area contributed by atoms with E-state index in [0.717, 1.165) is 16.5 Å². The minimum Gasteiger partial charge on any atom is -0.494 e. The molecule has 1 amide bonds. The quantitative estimate of drug-likeness (QED) is 0.442. The zero-order valence-corrected chi connectivity index (χ0v) is 17.5. The van der Waals surface area contributed by atoms with Gasteiger partial charge in [0.2, 0.25) is 0 Å². The molecule has 0 spiro atoms. The third kappa shape index (κ3) is 4.48. The van der Waals surface area contributed by atoms with E-state index in [2.05, 4.69) is 10.3 Å². The summed E-state index contributed by atoms with van der Waals surface area (Å²) < 4.78 is 11.3. The van der Waals surface area contributed by atoms with Crippen LogP contribution in [-0.2, 0) is 0 Å². The minimum atomic E-state index is -0.247. The summed E-state index contributed by atoms with van der Waals surface area (Å²) in [5.41, 5.74) is 3.43. The van der Waals surface area contributed by atoms with Crippen molar-refractivity contribution in [3.8, 4) is 22.8 Å². The van der Waals surface area contributed by atoms with Gasteiger partial charge in [0.25, 0.3) is 5.91 Å². The van der Waals surface area contributed by atoms with Crippen LogP contribution >= 0.6 is 0 Å². The monoisotopic (exact) mass is 413 g/mol. The van der Waals surface area contributed by atoms with Gasteiger partial charge in [0.05, 0.1) is 35.7 Å². The third-order valence-corrected chi connectivity index (χ3v) is 4.75. The molecular weight excluding hydrogens is 390 g/mol. The van der Waals surface area contributed by atoms with Gasteiger partial charge in [-0.1, -0.05) is 18.2 Å². The van der Waals surface area contributed by atoms with E-state index in [1.807, 2.05) is 56.3 Å². The largest absolute Gasteiger partial charge is 0.494 e. The molecule has 0 unspecified atom stereocenters. The van der Waals surface area contributed by atoms with Crippen molar-refractivity contribution in [2.75, 3.05) is 18.5 Å². The minimum absolute atomic E-state index is 0.247. The SMILES string of the molecule is CCOc1ccc(OCC)c(NC(=O)c2cc(-c3ccncc3)nc3ccccc23)c1. The lowest BCUT2D eigenvalue weighted by Gasteiger charge is -2.15. The van der Waals surface area contributed by atoms with E-state index >= 15 is 0 Å². The lowest BCUT2D eigenvalue weighted by atomic mass is 10.0. The van der Waals surface area contributed by atoms with E-state index < -0.39 is 0 Å². The van der Waals surface area contributed by atoms with Crippen molar-refractivity contribution in [1.29, 1.82) is 0 Å². The Hall–Kier alpha value is -3.93. The van der Waals surface area contributed by atoms with Crippen LogP contribution in [0.25, 0.3) is 22.2 Å². The first-order valence-electron chi connectivity index (χ1n) is 10.2. The van der Waals surface area contributed by atoms with E-state index in [1.54, 1.807) is 30.6 Å². The summed E-state index contributed by atoms with van der Waals surface area (Å²) in [4.78, 5) is 22.2. The van der Waals surface area contributed by atoms with E-state index in [-0.39, 0.29) is 5.91 Å². The predicted molar refractivity (Wildman–Crippen MR) is 122 cm³/mol. The molecule has 0 atom stereocenters. The lowest BCUT2D eigenvalue weighted by molar-refractivity contribution is 0.102. The summed E-state index contributed by atoms with van der Waals surface area (Å²) >= 11 is 0. The number of aromatic nitrogens is 2. The summed E-state index contributed by atoms with van der Waals surface area (Å²) in [6.45, 7) is 4.84. The zero-order chi connectivity index (χ0) is 21.6. The van der Waals surface area contributed by atoms with Gasteiger partial charge in [-0.05, 0) is 50.2 Å². The molecular formula is C25H23N3O3. The fraction of sp³-hybridized carbons (Fsp3) is 0.160. The van der Waals surface area contributed by atoms with Gasteiger partial charge in [-0.15, -0.1) is 0 Å². The van der Waals surface area contributed by atoms with Crippen molar-refractivity contribution in [2.24, 2.45) is 0 Å². The summed E-state index contributed by atoms with van der Waals surface area (Å²) in [6, 6.07) is 18.6. The number of anilines is 1. The van der Waals surface area contributed by atoms with Gasteiger partial charge in [-0.25, -0.2) is 4.98 Å². The molecule has 6 heteroatoms. The lowest BCUT2D eigenvalue weighted by Crippen LogP contribution is -2.14. The molecule has 0 aliphatic heterocycles. The fourth-order valence-electron chi connectivity index (χ4n) is 3.37. The third-order valence-electron chi connectivity index (χ3n) is 4.75. The Morgan fingerprint density at radius 1 is 0.935 bits per heavy atom. The Labute approximate surface area is 180 Å². The first kappa shape index (κ1) is 20.3. The molecule has 1 N–H and O–H groups in total. The molecule has 0 saturated heterocycles. The van der Waals surface area contributed by atoms with Crippen LogP contribution < -0.4 is 14.8 Å². The first-order valence-corrected chi connectivity index (χ1v) is 10.2. The number of fused-ring (bicyclic) bond motifs is 1. The Kier molecular flexibility index (Phi) is 6.08. The van der Waals surface area contributed by atoms with Crippen molar-refractivity contribution in [3.63, 3.8) is 0 Å². The second-order valence-corrected chi connectivity index (χ2v) is 6.79. The van der Waals surface area contributed by atoms with Crippen molar-refractivity contribution in [3.05, 3.63) is 78.6 Å². The molecule has 156 valence electrons. The van der Waals surface area contributed by atoms with Gasteiger partial charge in [0, 0.05) is 29.4 Å². The van der Waals surface area contributed by atoms with Crippen molar-refractivity contribution in [1.82, 2.24) is 9.97 Å². The molecule has 0 aliphatic carbocycles. The number of hydrogen-bond acceptors (Lipinski definition) is 5. The van der Waals surface area contributed by atoms with E-state index in [4.69, 9.17) is 14.5 Å². The average molecular weight is 413 g/mol. The van der Waals surface area contributed by atoms with Crippen molar-refractivity contribution in [2.45, 2.75) is 13.8 Å². The van der Waals surface area contributed by atoms with Crippen LogP contribution in [0.5, 0.6) is 11.5 Å². The second kappa shape index (κ2) is 9.26. The maximum atomic E-state index is 13.4. The number of nitrogens with zero attached hydrogens (tertiary/aromatic N) is 2. The van der Waals surface area contributed by atoms with Gasteiger partial charge in [-0.2, -0.15) is 0 Å². The first-order chi connectivity index (χ1) is 15.2. The smallest absolute Gasteiger partial charge is 0.256 e. The molecule has 2 heterocycles. The Morgan fingerprint density at radius 2 is 1.71 bits per heavy atom. The standard InChI is InChI=1S/C25H23N3O3/c1-3-30-18-9-10-24(31-4-2)23(15-18)28-25(29)20-16-22(17-11-13-26-14-12-17)27-21-8-6-5-7-19(20)21/h5-16H,3-4H2,1-2H3,(H,28,29). The highest BCUT2D eigenvalue weighted by Crippen LogP contribution is 2.31. The molecule has 6 nitrogen and oxygen atoms in total. The van der Waals surface area contributed by atoms with Gasteiger partial charge in [0.1, 0.15) is 11.5 Å². The number of para-hydroxylation sites is 1. The molecule has 4 aromatic rings. The van der Waals surface area contributed by atoms with Crippen LogP contribution in [-0.4, -0.2) is 29.1 Å². The number of carbonyl (C=O) groups is 1. The van der Waals surface area contributed by atoms with E-state index in [0.29, 0.717) is 41.7 Å². The van der Waals surface area contributed by atoms with E-state index in [9.17, 15) is 4.79 Å². The van der Waals surface area contributed by atoms with Crippen LogP contribution in [0.2, 0.25) is 0 Å². The van der Waals surface area contributed by atoms with Crippen LogP contribution in [0.3, 0.4) is 0 Å². The molecule has 2 aromatic heterocycles. The fourth-order valence-corrected chi connectivity index (χ4v) is 3.37. The number of nitrogens with one attached hydrogen (secondary N) is 1. The van der Waals surface area contributed by atoms with Gasteiger partial charge in [0.15, 0.2) is 0 Å². The van der Waals surface area contributed by atoms with Gasteiger partial charge in [-0.3, -0.25) is 9.78 Å². The van der Waals surface area contributed by atoms with E-state index in [1.165, 1.54) is 0 Å². The predicted octanol–water partition coefficient (Wildman–Crippen LogP) is 5.35. The summed E-state index contributed by atoms with van der Waals surface area (Å²) in [6.07, 6.45) is 3.42. The average Bonchev–Trinajstić information content (AvgIpc) is 2.81. The molecule has 4 rings (SSSR count). The maximum absolute atomic E-state index is 13.4. The number of amides is 1. The number of rotatable bonds is 7. The van der Waals surface area contributed by atoms with Crippen LogP contribution in [0, 0.1) is 0 Å². The molecule has 31 heavy (non-hydrogen) atoms. The molecule has 2 aromatic carbocycles. The number of carbonyl (C=O) groups excluding carboxylic acids is 1. The number of ether oxygens (including phenoxy) is 2. The summed E-state index contributed by atoms with van der Waals surface area (Å²) in [5.74, 6) is 1.01. The Balaban J connectivity index is 1.77. The Morgan fingerprint density at radius 3 is 2.48 bits per heavy atom. The second-order valence-electron chi connectivity index (χ2n) is 6.79. The summed E-state index contributed by atoms with van der Waals surface area (Å²) in [5, 5.41) is 3.77. The number of pyridine rings is 2. The maximum Gasteiger partial charge on any atom is 0.256 e. The normalized spacial score (nSPS) is 10.6. The van der Waals surface area contributed by atoms with Gasteiger partial charge < -0.3 is 14.8 Å². The van der Waals surface area contributed by atoms with Crippen molar-refractivity contribution < 1.29 is 14.3 Å². The highest BCUT2D eigenvalue weighted by Gasteiger charge is 2.16. The molecule has 0 radical (unpaired) electrons. The van der Waals surface area contributed by atoms with Gasteiger partial charge >= 0.3 is 0 Å². The number of hydrogen-bond donors (Lipinski definition) is 1. The molecule has 0 bridgehead atoms. The molecule has 0 fully saturated rings. The zero-order valence-electron chi connectivity index (χ0n) is 17.5. The van der Waals surface area contributed by atoms with Crippen LogP contribution in [0.4, 0.5) is 5.69 Å². The highest BCUT2D eigenvalue weighted by atomic mass is 16.5. The highest BCUT2D eigenvalue weighted by molar-refractivity contribution is 6.13. The Bertz CT molecular complexity index is 1210. The molecule has 0 aliphatic rings. The van der Waals surface area contributed by atoms with Crippen LogP contribution in [0.15, 0.2) is 73.1 Å².